The van der Waals surface area contributed by atoms with Crippen molar-refractivity contribution in [3.63, 3.8) is 0 Å². The summed E-state index contributed by atoms with van der Waals surface area (Å²) < 4.78 is 16.1. The summed E-state index contributed by atoms with van der Waals surface area (Å²) in [4.78, 5) is 0. The fourth-order valence-electron chi connectivity index (χ4n) is 1.94. The lowest BCUT2D eigenvalue weighted by Gasteiger charge is -2.11. The SMILES string of the molecule is O[C@H]1CCCOc2cc3c(cc21)OCO3. The molecule has 1 aromatic carbocycles. The molecule has 1 N–H and O–H groups in total. The third-order valence-electron chi connectivity index (χ3n) is 2.74. The van der Waals surface area contributed by atoms with Crippen LogP contribution < -0.4 is 14.2 Å². The van der Waals surface area contributed by atoms with Gasteiger partial charge in [0.1, 0.15) is 5.75 Å². The lowest BCUT2D eigenvalue weighted by Crippen LogP contribution is -1.96. The van der Waals surface area contributed by atoms with Gasteiger partial charge in [0.15, 0.2) is 11.5 Å². The van der Waals surface area contributed by atoms with Crippen molar-refractivity contribution in [3.05, 3.63) is 17.7 Å². The number of aliphatic hydroxyl groups is 1. The minimum absolute atomic E-state index is 0.244. The lowest BCUT2D eigenvalue weighted by atomic mass is 10.0. The minimum atomic E-state index is -0.461. The van der Waals surface area contributed by atoms with Crippen LogP contribution in [0, 0.1) is 0 Å². The van der Waals surface area contributed by atoms with Crippen molar-refractivity contribution < 1.29 is 19.3 Å². The zero-order valence-electron chi connectivity index (χ0n) is 8.23. The van der Waals surface area contributed by atoms with E-state index in [9.17, 15) is 5.11 Å². The highest BCUT2D eigenvalue weighted by atomic mass is 16.7. The predicted molar refractivity (Wildman–Crippen MR) is 52.3 cm³/mol. The zero-order valence-corrected chi connectivity index (χ0v) is 8.23. The van der Waals surface area contributed by atoms with Gasteiger partial charge in [-0.2, -0.15) is 0 Å². The Bertz CT molecular complexity index is 388. The van der Waals surface area contributed by atoms with Gasteiger partial charge in [-0.05, 0) is 18.9 Å². The number of fused-ring (bicyclic) bond motifs is 2. The molecule has 0 saturated heterocycles. The van der Waals surface area contributed by atoms with Crippen LogP contribution in [0.4, 0.5) is 0 Å². The van der Waals surface area contributed by atoms with Gasteiger partial charge in [-0.25, -0.2) is 0 Å². The average molecular weight is 208 g/mol. The Labute approximate surface area is 87.4 Å². The highest BCUT2D eigenvalue weighted by Gasteiger charge is 2.23. The molecule has 0 unspecified atom stereocenters. The summed E-state index contributed by atoms with van der Waals surface area (Å²) >= 11 is 0. The Hall–Kier alpha value is -1.42. The van der Waals surface area contributed by atoms with Crippen LogP contribution in [-0.2, 0) is 0 Å². The summed E-state index contributed by atoms with van der Waals surface area (Å²) in [7, 11) is 0. The summed E-state index contributed by atoms with van der Waals surface area (Å²) in [6.07, 6.45) is 1.13. The van der Waals surface area contributed by atoms with Crippen LogP contribution in [0.2, 0.25) is 0 Å². The summed E-state index contributed by atoms with van der Waals surface area (Å²) in [5, 5.41) is 9.90. The van der Waals surface area contributed by atoms with Crippen molar-refractivity contribution in [1.29, 1.82) is 0 Å². The second-order valence-electron chi connectivity index (χ2n) is 3.75. The number of hydrogen-bond acceptors (Lipinski definition) is 4. The molecule has 15 heavy (non-hydrogen) atoms. The van der Waals surface area contributed by atoms with E-state index in [1.165, 1.54) is 0 Å². The topological polar surface area (TPSA) is 47.9 Å². The molecule has 2 aliphatic heterocycles. The van der Waals surface area contributed by atoms with Gasteiger partial charge in [-0.1, -0.05) is 0 Å². The molecule has 2 aliphatic rings. The summed E-state index contributed by atoms with van der Waals surface area (Å²) in [6.45, 7) is 0.887. The highest BCUT2D eigenvalue weighted by Crippen LogP contribution is 2.42. The number of benzene rings is 1. The van der Waals surface area contributed by atoms with Gasteiger partial charge in [-0.15, -0.1) is 0 Å². The van der Waals surface area contributed by atoms with Crippen molar-refractivity contribution in [1.82, 2.24) is 0 Å². The van der Waals surface area contributed by atoms with E-state index in [1.54, 1.807) is 6.07 Å². The smallest absolute Gasteiger partial charge is 0.231 e. The third kappa shape index (κ3) is 1.41. The molecule has 2 heterocycles. The molecule has 1 aromatic rings. The predicted octanol–water partition coefficient (Wildman–Crippen LogP) is 1.62. The van der Waals surface area contributed by atoms with E-state index in [4.69, 9.17) is 14.2 Å². The van der Waals surface area contributed by atoms with Crippen molar-refractivity contribution in [2.24, 2.45) is 0 Å². The van der Waals surface area contributed by atoms with Crippen molar-refractivity contribution in [3.8, 4) is 17.2 Å². The number of ether oxygens (including phenoxy) is 3. The first-order valence-corrected chi connectivity index (χ1v) is 5.09. The van der Waals surface area contributed by atoms with E-state index in [0.29, 0.717) is 23.9 Å². The van der Waals surface area contributed by atoms with Gasteiger partial charge >= 0.3 is 0 Å². The molecule has 0 saturated carbocycles. The molecule has 1 atom stereocenters. The third-order valence-corrected chi connectivity index (χ3v) is 2.74. The van der Waals surface area contributed by atoms with Crippen LogP contribution in [0.3, 0.4) is 0 Å². The van der Waals surface area contributed by atoms with Gasteiger partial charge in [0.2, 0.25) is 6.79 Å². The molecule has 0 bridgehead atoms. The van der Waals surface area contributed by atoms with Crippen LogP contribution in [-0.4, -0.2) is 18.5 Å². The van der Waals surface area contributed by atoms with Crippen molar-refractivity contribution in [2.75, 3.05) is 13.4 Å². The maximum absolute atomic E-state index is 9.90. The fraction of sp³-hybridized carbons (Fsp3) is 0.455. The monoisotopic (exact) mass is 208 g/mol. The Morgan fingerprint density at radius 3 is 2.73 bits per heavy atom. The van der Waals surface area contributed by atoms with Gasteiger partial charge in [0, 0.05) is 11.6 Å². The number of aliphatic hydroxyl groups excluding tert-OH is 1. The quantitative estimate of drug-likeness (QED) is 0.703. The van der Waals surface area contributed by atoms with E-state index in [0.717, 1.165) is 18.4 Å². The van der Waals surface area contributed by atoms with E-state index in [-0.39, 0.29) is 6.79 Å². The Kier molecular flexibility index (Phi) is 1.95. The van der Waals surface area contributed by atoms with Crippen molar-refractivity contribution >= 4 is 0 Å². The fourth-order valence-corrected chi connectivity index (χ4v) is 1.94. The van der Waals surface area contributed by atoms with Crippen LogP contribution in [0.5, 0.6) is 17.2 Å². The number of hydrogen-bond donors (Lipinski definition) is 1. The Morgan fingerprint density at radius 2 is 1.87 bits per heavy atom. The highest BCUT2D eigenvalue weighted by molar-refractivity contribution is 5.52. The summed E-state index contributed by atoms with van der Waals surface area (Å²) in [5.74, 6) is 2.10. The van der Waals surface area contributed by atoms with Crippen molar-refractivity contribution in [2.45, 2.75) is 18.9 Å². The normalized spacial score (nSPS) is 22.9. The first kappa shape index (κ1) is 8.85. The Balaban J connectivity index is 2.09. The average Bonchev–Trinajstić information content (AvgIpc) is 2.62. The van der Waals surface area contributed by atoms with E-state index in [1.807, 2.05) is 6.07 Å². The standard InChI is InChI=1S/C11H12O4/c12-8-2-1-3-13-9-5-11-10(4-7(8)9)14-6-15-11/h4-5,8,12H,1-3,6H2/t8-/m0/s1. The van der Waals surface area contributed by atoms with Gasteiger partial charge in [-0.3, -0.25) is 0 Å². The molecular weight excluding hydrogens is 196 g/mol. The first-order chi connectivity index (χ1) is 7.34. The van der Waals surface area contributed by atoms with E-state index in [2.05, 4.69) is 0 Å². The van der Waals surface area contributed by atoms with E-state index < -0.39 is 6.10 Å². The minimum Gasteiger partial charge on any atom is -0.493 e. The van der Waals surface area contributed by atoms with Gasteiger partial charge < -0.3 is 19.3 Å². The maximum Gasteiger partial charge on any atom is 0.231 e. The zero-order chi connectivity index (χ0) is 10.3. The van der Waals surface area contributed by atoms with Crippen LogP contribution in [0.15, 0.2) is 12.1 Å². The molecule has 0 amide bonds. The lowest BCUT2D eigenvalue weighted by molar-refractivity contribution is 0.165. The largest absolute Gasteiger partial charge is 0.493 e. The molecule has 80 valence electrons. The van der Waals surface area contributed by atoms with Gasteiger partial charge in [0.25, 0.3) is 0 Å². The van der Waals surface area contributed by atoms with Crippen LogP contribution in [0.25, 0.3) is 0 Å². The second-order valence-corrected chi connectivity index (χ2v) is 3.75. The van der Waals surface area contributed by atoms with E-state index >= 15 is 0 Å². The molecular formula is C11H12O4. The molecule has 0 aromatic heterocycles. The molecule has 4 heteroatoms. The molecule has 0 fully saturated rings. The van der Waals surface area contributed by atoms with Gasteiger partial charge in [0.05, 0.1) is 12.7 Å². The molecule has 4 nitrogen and oxygen atoms in total. The van der Waals surface area contributed by atoms with Crippen LogP contribution >= 0.6 is 0 Å². The Morgan fingerprint density at radius 1 is 1.07 bits per heavy atom. The first-order valence-electron chi connectivity index (χ1n) is 5.09. The summed E-state index contributed by atoms with van der Waals surface area (Å²) in [6, 6.07) is 3.61. The molecule has 0 radical (unpaired) electrons. The second kappa shape index (κ2) is 3.31. The number of rotatable bonds is 0. The maximum atomic E-state index is 9.90. The summed E-state index contributed by atoms with van der Waals surface area (Å²) in [5.41, 5.74) is 0.803. The molecule has 3 rings (SSSR count). The molecule has 0 spiro atoms. The van der Waals surface area contributed by atoms with Crippen LogP contribution in [0.1, 0.15) is 24.5 Å². The molecule has 0 aliphatic carbocycles.